The highest BCUT2D eigenvalue weighted by atomic mass is 32.2. The first-order valence-electron chi connectivity index (χ1n) is 8.85. The highest BCUT2D eigenvalue weighted by Crippen LogP contribution is 2.39. The molecule has 1 N–H and O–H groups in total. The van der Waals surface area contributed by atoms with Crippen LogP contribution < -0.4 is 5.32 Å². The van der Waals surface area contributed by atoms with E-state index in [0.29, 0.717) is 18.8 Å². The van der Waals surface area contributed by atoms with Gasteiger partial charge in [-0.3, -0.25) is 4.79 Å². The lowest BCUT2D eigenvalue weighted by molar-refractivity contribution is -0.128. The Labute approximate surface area is 155 Å². The van der Waals surface area contributed by atoms with E-state index in [9.17, 15) is 9.59 Å². The van der Waals surface area contributed by atoms with Gasteiger partial charge in [0.1, 0.15) is 5.37 Å². The van der Waals surface area contributed by atoms with Crippen molar-refractivity contribution >= 4 is 23.7 Å². The number of benzene rings is 1. The van der Waals surface area contributed by atoms with E-state index in [1.165, 1.54) is 11.1 Å². The molecule has 25 heavy (non-hydrogen) atoms. The van der Waals surface area contributed by atoms with Gasteiger partial charge >= 0.3 is 6.03 Å². The number of nitrogens with zero attached hydrogens (tertiary/aromatic N) is 2. The largest absolute Gasteiger partial charge is 0.336 e. The van der Waals surface area contributed by atoms with Gasteiger partial charge in [0.25, 0.3) is 0 Å². The average molecular weight is 364 g/mol. The van der Waals surface area contributed by atoms with Crippen molar-refractivity contribution in [2.75, 3.05) is 18.8 Å². The number of aryl methyl sites for hydroxylation is 1. The standard InChI is InChI=1S/C19H29N3O2S/c1-13(2)20-19(24)21(14(3)4)10-11-22-17(23)12-25-18(22)16-9-7-6-8-15(16)5/h6-9,13-14,18H,10-12H2,1-5H3,(H,20,24). The summed E-state index contributed by atoms with van der Waals surface area (Å²) in [7, 11) is 0. The van der Waals surface area contributed by atoms with Crippen molar-refractivity contribution in [3.05, 3.63) is 35.4 Å². The molecule has 138 valence electrons. The van der Waals surface area contributed by atoms with Crippen LogP contribution in [0.1, 0.15) is 44.2 Å². The monoisotopic (exact) mass is 363 g/mol. The maximum atomic E-state index is 12.4. The molecule has 0 saturated carbocycles. The van der Waals surface area contributed by atoms with E-state index in [2.05, 4.69) is 24.4 Å². The van der Waals surface area contributed by atoms with Crippen LogP contribution in [0.2, 0.25) is 0 Å². The number of nitrogens with one attached hydrogen (secondary N) is 1. The Morgan fingerprint density at radius 2 is 2.00 bits per heavy atom. The molecule has 1 unspecified atom stereocenters. The lowest BCUT2D eigenvalue weighted by Gasteiger charge is -2.32. The Morgan fingerprint density at radius 1 is 1.32 bits per heavy atom. The van der Waals surface area contributed by atoms with E-state index in [4.69, 9.17) is 0 Å². The molecule has 0 aromatic heterocycles. The van der Waals surface area contributed by atoms with Crippen LogP contribution in [0.4, 0.5) is 4.79 Å². The van der Waals surface area contributed by atoms with Gasteiger partial charge in [0, 0.05) is 25.2 Å². The summed E-state index contributed by atoms with van der Waals surface area (Å²) in [4.78, 5) is 28.5. The maximum Gasteiger partial charge on any atom is 0.317 e. The lowest BCUT2D eigenvalue weighted by Crippen LogP contribution is -2.49. The minimum Gasteiger partial charge on any atom is -0.336 e. The second-order valence-electron chi connectivity index (χ2n) is 7.00. The average Bonchev–Trinajstić information content (AvgIpc) is 2.88. The van der Waals surface area contributed by atoms with Crippen molar-refractivity contribution in [2.24, 2.45) is 0 Å². The van der Waals surface area contributed by atoms with Gasteiger partial charge in [-0.1, -0.05) is 24.3 Å². The van der Waals surface area contributed by atoms with E-state index in [-0.39, 0.29) is 29.4 Å². The molecule has 1 aliphatic rings. The zero-order chi connectivity index (χ0) is 18.6. The molecule has 1 atom stereocenters. The summed E-state index contributed by atoms with van der Waals surface area (Å²) in [6, 6.07) is 8.30. The van der Waals surface area contributed by atoms with E-state index in [0.717, 1.165) is 0 Å². The summed E-state index contributed by atoms with van der Waals surface area (Å²) in [5.41, 5.74) is 2.37. The normalized spacial score (nSPS) is 17.5. The molecule has 1 aromatic rings. The highest BCUT2D eigenvalue weighted by Gasteiger charge is 2.34. The third kappa shape index (κ3) is 4.91. The second kappa shape index (κ2) is 8.61. The third-order valence-corrected chi connectivity index (χ3v) is 5.54. The molecule has 1 aromatic carbocycles. The van der Waals surface area contributed by atoms with Gasteiger partial charge < -0.3 is 15.1 Å². The molecule has 1 aliphatic heterocycles. The van der Waals surface area contributed by atoms with Crippen molar-refractivity contribution in [3.63, 3.8) is 0 Å². The van der Waals surface area contributed by atoms with Gasteiger partial charge in [-0.15, -0.1) is 11.8 Å². The number of amides is 3. The molecule has 0 aliphatic carbocycles. The molecule has 0 spiro atoms. The predicted molar refractivity (Wildman–Crippen MR) is 104 cm³/mol. The molecule has 6 heteroatoms. The quantitative estimate of drug-likeness (QED) is 0.843. The van der Waals surface area contributed by atoms with Gasteiger partial charge in [-0.2, -0.15) is 0 Å². The molecule has 5 nitrogen and oxygen atoms in total. The van der Waals surface area contributed by atoms with Crippen LogP contribution in [0.15, 0.2) is 24.3 Å². The van der Waals surface area contributed by atoms with E-state index < -0.39 is 0 Å². The maximum absolute atomic E-state index is 12.4. The fourth-order valence-corrected chi connectivity index (χ4v) is 4.27. The van der Waals surface area contributed by atoms with Gasteiger partial charge in [0.05, 0.1) is 5.75 Å². The van der Waals surface area contributed by atoms with Crippen LogP contribution in [0, 0.1) is 6.92 Å². The zero-order valence-electron chi connectivity index (χ0n) is 15.8. The number of hydrogen-bond donors (Lipinski definition) is 1. The predicted octanol–water partition coefficient (Wildman–Crippen LogP) is 3.40. The zero-order valence-corrected chi connectivity index (χ0v) is 16.6. The molecular formula is C19H29N3O2S. The molecule has 1 heterocycles. The van der Waals surface area contributed by atoms with Crippen molar-refractivity contribution in [2.45, 2.75) is 52.1 Å². The smallest absolute Gasteiger partial charge is 0.317 e. The lowest BCUT2D eigenvalue weighted by atomic mass is 10.1. The number of urea groups is 1. The Balaban J connectivity index is 2.09. The first-order valence-corrected chi connectivity index (χ1v) is 9.90. The summed E-state index contributed by atoms with van der Waals surface area (Å²) < 4.78 is 0. The van der Waals surface area contributed by atoms with Gasteiger partial charge in [-0.25, -0.2) is 4.79 Å². The Morgan fingerprint density at radius 3 is 2.60 bits per heavy atom. The molecule has 2 rings (SSSR count). The topological polar surface area (TPSA) is 52.7 Å². The first-order chi connectivity index (χ1) is 11.8. The summed E-state index contributed by atoms with van der Waals surface area (Å²) in [5, 5.41) is 2.98. The fourth-order valence-electron chi connectivity index (χ4n) is 2.96. The molecule has 0 radical (unpaired) electrons. The minimum atomic E-state index is -0.0725. The Kier molecular flexibility index (Phi) is 6.76. The summed E-state index contributed by atoms with van der Waals surface area (Å²) >= 11 is 1.66. The summed E-state index contributed by atoms with van der Waals surface area (Å²) in [6.07, 6.45) is 0. The van der Waals surface area contributed by atoms with Crippen molar-refractivity contribution in [1.29, 1.82) is 0 Å². The number of carbonyl (C=O) groups excluding carboxylic acids is 2. The van der Waals surface area contributed by atoms with Gasteiger partial charge in [0.2, 0.25) is 5.91 Å². The molecular weight excluding hydrogens is 334 g/mol. The van der Waals surface area contributed by atoms with Crippen molar-refractivity contribution in [3.8, 4) is 0 Å². The summed E-state index contributed by atoms with van der Waals surface area (Å²) in [5.74, 6) is 0.644. The number of carbonyl (C=O) groups is 2. The fraction of sp³-hybridized carbons (Fsp3) is 0.579. The van der Waals surface area contributed by atoms with Crippen LogP contribution in [0.3, 0.4) is 0 Å². The van der Waals surface area contributed by atoms with E-state index in [1.54, 1.807) is 16.7 Å². The van der Waals surface area contributed by atoms with Crippen LogP contribution >= 0.6 is 11.8 Å². The second-order valence-corrected chi connectivity index (χ2v) is 8.07. The number of thioether (sulfide) groups is 1. The number of rotatable bonds is 6. The van der Waals surface area contributed by atoms with Crippen molar-refractivity contribution in [1.82, 2.24) is 15.1 Å². The SMILES string of the molecule is Cc1ccccc1C1SCC(=O)N1CCN(C(=O)NC(C)C)C(C)C. The highest BCUT2D eigenvalue weighted by molar-refractivity contribution is 8.00. The van der Waals surface area contributed by atoms with Crippen LogP contribution in [-0.4, -0.2) is 52.7 Å². The van der Waals surface area contributed by atoms with Crippen molar-refractivity contribution < 1.29 is 9.59 Å². The molecule has 3 amide bonds. The van der Waals surface area contributed by atoms with E-state index in [1.807, 2.05) is 44.7 Å². The van der Waals surface area contributed by atoms with Crippen LogP contribution in [0.5, 0.6) is 0 Å². The first kappa shape index (κ1) is 19.6. The van der Waals surface area contributed by atoms with Crippen LogP contribution in [-0.2, 0) is 4.79 Å². The van der Waals surface area contributed by atoms with Crippen LogP contribution in [0.25, 0.3) is 0 Å². The van der Waals surface area contributed by atoms with E-state index >= 15 is 0 Å². The Hall–Kier alpha value is -1.69. The molecule has 1 saturated heterocycles. The minimum absolute atomic E-state index is 0.0378. The molecule has 0 bridgehead atoms. The van der Waals surface area contributed by atoms with Gasteiger partial charge in [0.15, 0.2) is 0 Å². The Bertz CT molecular complexity index is 618. The summed E-state index contributed by atoms with van der Waals surface area (Å²) in [6.45, 7) is 11.1. The third-order valence-electron chi connectivity index (χ3n) is 4.30. The molecule has 1 fully saturated rings. The number of hydrogen-bond acceptors (Lipinski definition) is 3. The van der Waals surface area contributed by atoms with Gasteiger partial charge in [-0.05, 0) is 45.7 Å².